The molecule has 0 unspecified atom stereocenters. The smallest absolute Gasteiger partial charge is 0.0882 e. The van der Waals surface area contributed by atoms with Crippen molar-refractivity contribution in [3.05, 3.63) is 24.5 Å². The molecule has 3 heteroatoms. The molecular weight excluding hydrogens is 162 g/mol. The lowest BCUT2D eigenvalue weighted by molar-refractivity contribution is 0.968. The molecule has 0 aromatic carbocycles. The van der Waals surface area contributed by atoms with Crippen LogP contribution < -0.4 is 5.73 Å². The van der Waals surface area contributed by atoms with E-state index < -0.39 is 0 Å². The molecule has 2 heterocycles. The van der Waals surface area contributed by atoms with Gasteiger partial charge in [0.15, 0.2) is 0 Å². The molecular formula is C10H15N3. The lowest BCUT2D eigenvalue weighted by Crippen LogP contribution is -1.89. The van der Waals surface area contributed by atoms with Crippen molar-refractivity contribution in [2.24, 2.45) is 7.05 Å². The maximum atomic E-state index is 5.58. The molecule has 0 amide bonds. The van der Waals surface area contributed by atoms with Gasteiger partial charge in [0.05, 0.1) is 22.9 Å². The Morgan fingerprint density at radius 1 is 1.38 bits per heavy atom. The van der Waals surface area contributed by atoms with E-state index in [2.05, 4.69) is 4.98 Å². The van der Waals surface area contributed by atoms with Crippen LogP contribution in [0.5, 0.6) is 0 Å². The van der Waals surface area contributed by atoms with Gasteiger partial charge in [-0.25, -0.2) is 0 Å². The van der Waals surface area contributed by atoms with E-state index in [9.17, 15) is 0 Å². The van der Waals surface area contributed by atoms with Crippen LogP contribution in [0.1, 0.15) is 13.8 Å². The van der Waals surface area contributed by atoms with Crippen molar-refractivity contribution in [1.82, 2.24) is 9.55 Å². The van der Waals surface area contributed by atoms with E-state index in [0.29, 0.717) is 5.69 Å². The molecule has 0 aliphatic carbocycles. The number of nitrogens with zero attached hydrogens (tertiary/aromatic N) is 2. The zero-order valence-electron chi connectivity index (χ0n) is 8.28. The van der Waals surface area contributed by atoms with Gasteiger partial charge in [-0.05, 0) is 12.1 Å². The summed E-state index contributed by atoms with van der Waals surface area (Å²) in [5.41, 5.74) is 8.35. The molecule has 0 aliphatic heterocycles. The molecule has 0 saturated carbocycles. The highest BCUT2D eigenvalue weighted by Gasteiger charge is 1.97. The second kappa shape index (κ2) is 3.94. The minimum atomic E-state index is 0.708. The number of aryl methyl sites for hydroxylation is 1. The first-order valence-corrected chi connectivity index (χ1v) is 4.44. The van der Waals surface area contributed by atoms with Crippen molar-refractivity contribution in [3.8, 4) is 0 Å². The standard InChI is InChI=1S/C8H9N3.C2H6/c1-11-3-2-7-8(11)4-6(9)5-10-7;1-2/h2-5H,9H2,1H3;1-2H3. The monoisotopic (exact) mass is 177 g/mol. The number of fused-ring (bicyclic) bond motifs is 1. The fraction of sp³-hybridized carbons (Fsp3) is 0.300. The Kier molecular flexibility index (Phi) is 2.90. The highest BCUT2D eigenvalue weighted by molar-refractivity contribution is 5.78. The minimum Gasteiger partial charge on any atom is -0.397 e. The Morgan fingerprint density at radius 3 is 2.77 bits per heavy atom. The van der Waals surface area contributed by atoms with Crippen LogP contribution in [0.15, 0.2) is 24.5 Å². The predicted molar refractivity (Wildman–Crippen MR) is 56.5 cm³/mol. The fourth-order valence-corrected chi connectivity index (χ4v) is 1.15. The Morgan fingerprint density at radius 2 is 2.08 bits per heavy atom. The molecule has 2 N–H and O–H groups in total. The van der Waals surface area contributed by atoms with Crippen molar-refractivity contribution in [2.45, 2.75) is 13.8 Å². The van der Waals surface area contributed by atoms with Crippen LogP contribution in [-0.2, 0) is 7.05 Å². The Bertz CT molecular complexity index is 390. The van der Waals surface area contributed by atoms with Crippen molar-refractivity contribution < 1.29 is 0 Å². The Balaban J connectivity index is 0.000000396. The topological polar surface area (TPSA) is 43.8 Å². The first-order chi connectivity index (χ1) is 6.27. The van der Waals surface area contributed by atoms with Gasteiger partial charge in [-0.1, -0.05) is 13.8 Å². The van der Waals surface area contributed by atoms with Gasteiger partial charge in [0, 0.05) is 13.2 Å². The number of nitrogens with two attached hydrogens (primary N) is 1. The van der Waals surface area contributed by atoms with Crippen molar-refractivity contribution in [3.63, 3.8) is 0 Å². The van der Waals surface area contributed by atoms with E-state index in [1.165, 1.54) is 0 Å². The van der Waals surface area contributed by atoms with Gasteiger partial charge >= 0.3 is 0 Å². The normalized spacial score (nSPS) is 9.46. The van der Waals surface area contributed by atoms with E-state index in [1.807, 2.05) is 43.8 Å². The van der Waals surface area contributed by atoms with Gasteiger partial charge in [-0.3, -0.25) is 4.98 Å². The quantitative estimate of drug-likeness (QED) is 0.670. The van der Waals surface area contributed by atoms with Crippen molar-refractivity contribution in [1.29, 1.82) is 0 Å². The van der Waals surface area contributed by atoms with Crippen LogP contribution in [0.3, 0.4) is 0 Å². The summed E-state index contributed by atoms with van der Waals surface area (Å²) in [4.78, 5) is 4.16. The largest absolute Gasteiger partial charge is 0.397 e. The molecule has 2 aromatic rings. The maximum absolute atomic E-state index is 5.58. The third-order valence-corrected chi connectivity index (χ3v) is 1.75. The molecule has 3 nitrogen and oxygen atoms in total. The molecule has 0 radical (unpaired) electrons. The predicted octanol–water partition coefficient (Wildman–Crippen LogP) is 2.18. The van der Waals surface area contributed by atoms with Crippen LogP contribution in [0.25, 0.3) is 11.0 Å². The summed E-state index contributed by atoms with van der Waals surface area (Å²) in [6.45, 7) is 4.00. The Labute approximate surface area is 78.2 Å². The number of hydrogen-bond acceptors (Lipinski definition) is 2. The maximum Gasteiger partial charge on any atom is 0.0882 e. The van der Waals surface area contributed by atoms with Crippen LogP contribution in [0.4, 0.5) is 5.69 Å². The first kappa shape index (κ1) is 9.58. The van der Waals surface area contributed by atoms with Gasteiger partial charge in [0.25, 0.3) is 0 Å². The summed E-state index contributed by atoms with van der Waals surface area (Å²) >= 11 is 0. The summed E-state index contributed by atoms with van der Waals surface area (Å²) in [6, 6.07) is 3.89. The van der Waals surface area contributed by atoms with Gasteiger partial charge in [0.2, 0.25) is 0 Å². The molecule has 2 rings (SSSR count). The Hall–Kier alpha value is -1.51. The second-order valence-corrected chi connectivity index (χ2v) is 2.60. The molecule has 0 fully saturated rings. The van der Waals surface area contributed by atoms with E-state index in [1.54, 1.807) is 6.20 Å². The summed E-state index contributed by atoms with van der Waals surface area (Å²) < 4.78 is 2.00. The van der Waals surface area contributed by atoms with Gasteiger partial charge < -0.3 is 10.3 Å². The number of anilines is 1. The van der Waals surface area contributed by atoms with E-state index in [4.69, 9.17) is 5.73 Å². The van der Waals surface area contributed by atoms with Gasteiger partial charge in [-0.15, -0.1) is 0 Å². The average molecular weight is 177 g/mol. The molecule has 2 aromatic heterocycles. The van der Waals surface area contributed by atoms with Crippen LogP contribution in [0.2, 0.25) is 0 Å². The number of hydrogen-bond donors (Lipinski definition) is 1. The third-order valence-electron chi connectivity index (χ3n) is 1.75. The van der Waals surface area contributed by atoms with Crippen LogP contribution >= 0.6 is 0 Å². The van der Waals surface area contributed by atoms with Gasteiger partial charge in [0.1, 0.15) is 0 Å². The van der Waals surface area contributed by atoms with E-state index >= 15 is 0 Å². The summed E-state index contributed by atoms with van der Waals surface area (Å²) in [5.74, 6) is 0. The van der Waals surface area contributed by atoms with Crippen LogP contribution in [0, 0.1) is 0 Å². The number of aromatic nitrogens is 2. The number of rotatable bonds is 0. The molecule has 0 atom stereocenters. The lowest BCUT2D eigenvalue weighted by atomic mass is 10.3. The SMILES string of the molecule is CC.Cn1ccc2ncc(N)cc21. The second-order valence-electron chi connectivity index (χ2n) is 2.60. The first-order valence-electron chi connectivity index (χ1n) is 4.44. The third kappa shape index (κ3) is 1.80. The molecule has 13 heavy (non-hydrogen) atoms. The summed E-state index contributed by atoms with van der Waals surface area (Å²) in [6.07, 6.45) is 3.64. The minimum absolute atomic E-state index is 0.708. The van der Waals surface area contributed by atoms with E-state index in [-0.39, 0.29) is 0 Å². The summed E-state index contributed by atoms with van der Waals surface area (Å²) in [7, 11) is 1.98. The number of nitrogen functional groups attached to an aromatic ring is 1. The average Bonchev–Trinajstić information content (AvgIpc) is 2.52. The lowest BCUT2D eigenvalue weighted by Gasteiger charge is -1.95. The molecule has 0 bridgehead atoms. The molecule has 0 spiro atoms. The zero-order valence-corrected chi connectivity index (χ0v) is 8.28. The fourth-order valence-electron chi connectivity index (χ4n) is 1.15. The zero-order chi connectivity index (χ0) is 9.84. The highest BCUT2D eigenvalue weighted by atomic mass is 14.9. The van der Waals surface area contributed by atoms with Crippen molar-refractivity contribution >= 4 is 16.7 Å². The van der Waals surface area contributed by atoms with Crippen LogP contribution in [-0.4, -0.2) is 9.55 Å². The van der Waals surface area contributed by atoms with Gasteiger partial charge in [-0.2, -0.15) is 0 Å². The molecule has 70 valence electrons. The molecule has 0 aliphatic rings. The highest BCUT2D eigenvalue weighted by Crippen LogP contribution is 2.13. The van der Waals surface area contributed by atoms with Crippen molar-refractivity contribution in [2.75, 3.05) is 5.73 Å². The molecule has 0 saturated heterocycles. The summed E-state index contributed by atoms with van der Waals surface area (Å²) in [5, 5.41) is 0. The van der Waals surface area contributed by atoms with E-state index in [0.717, 1.165) is 11.0 Å². The number of pyridine rings is 1.